The average Bonchev–Trinajstić information content (AvgIpc) is 3.02. The Kier molecular flexibility index (Phi) is 14.2. The van der Waals surface area contributed by atoms with E-state index in [0.717, 1.165) is 57.9 Å². The van der Waals surface area contributed by atoms with Gasteiger partial charge < -0.3 is 25.1 Å². The largest absolute Gasteiger partial charge is 0.461 e. The molecule has 2 saturated carbocycles. The number of ether oxygens (including phenoxy) is 3. The molecule has 3 rings (SSSR count). The maximum atomic E-state index is 15.5. The molecule has 1 aromatic rings. The molecule has 0 bridgehead atoms. The number of nitrogens with zero attached hydrogens (tertiary/aromatic N) is 1. The van der Waals surface area contributed by atoms with Crippen LogP contribution in [0.1, 0.15) is 84.4 Å². The second-order valence-electron chi connectivity index (χ2n) is 11.4. The van der Waals surface area contributed by atoms with E-state index in [1.54, 1.807) is 0 Å². The van der Waals surface area contributed by atoms with Crippen LogP contribution in [0.4, 0.5) is 4.39 Å². The van der Waals surface area contributed by atoms with E-state index in [1.807, 2.05) is 4.98 Å². The van der Waals surface area contributed by atoms with Crippen molar-refractivity contribution in [2.75, 3.05) is 13.7 Å². The van der Waals surface area contributed by atoms with Gasteiger partial charge in [0.1, 0.15) is 30.4 Å². The molecule has 0 saturated heterocycles. The fourth-order valence-corrected chi connectivity index (χ4v) is 8.06. The minimum absolute atomic E-state index is 0.178. The minimum Gasteiger partial charge on any atom is -0.461 e. The molecule has 0 amide bonds. The van der Waals surface area contributed by atoms with Crippen LogP contribution < -0.4 is 27.2 Å². The summed E-state index contributed by atoms with van der Waals surface area (Å²) in [5.41, 5.74) is 3.93. The number of alkyl halides is 1. The van der Waals surface area contributed by atoms with Crippen molar-refractivity contribution in [2.45, 2.75) is 120 Å². The number of carbonyl (C=O) groups excluding carboxylic acids is 2. The molecule has 2 unspecified atom stereocenters. The lowest BCUT2D eigenvalue weighted by molar-refractivity contribution is -0.152. The second-order valence-corrected chi connectivity index (χ2v) is 14.4. The number of hydrogen-bond acceptors (Lipinski definition) is 12. The number of halogens is 1. The SMILES string of the molecule is CO[C@](CN)(SOP(=O)(NC(C)C(=O)OC1CCCCC1)NC(C)C(=O)OC1CCCCC1)[C@@H](O)[C@@H](F)n1ccc(=O)[nH]c1=O. The number of nitrogens with one attached hydrogen (secondary N) is 3. The van der Waals surface area contributed by atoms with E-state index in [2.05, 4.69) is 10.2 Å². The highest BCUT2D eigenvalue weighted by Crippen LogP contribution is 2.49. The third-order valence-electron chi connectivity index (χ3n) is 7.85. The highest BCUT2D eigenvalue weighted by Gasteiger charge is 2.47. The number of carbonyl (C=O) groups is 2. The molecule has 2 aliphatic rings. The van der Waals surface area contributed by atoms with E-state index in [4.69, 9.17) is 23.9 Å². The highest BCUT2D eigenvalue weighted by molar-refractivity contribution is 7.99. The Morgan fingerprint density at radius 1 is 1.07 bits per heavy atom. The van der Waals surface area contributed by atoms with Gasteiger partial charge >= 0.3 is 25.3 Å². The van der Waals surface area contributed by atoms with Crippen LogP contribution in [0.5, 0.6) is 0 Å². The molecule has 0 spiro atoms. The summed E-state index contributed by atoms with van der Waals surface area (Å²) < 4.78 is 52.2. The van der Waals surface area contributed by atoms with Crippen molar-refractivity contribution in [1.82, 2.24) is 19.7 Å². The lowest BCUT2D eigenvalue weighted by atomic mass is 9.98. The van der Waals surface area contributed by atoms with Crippen LogP contribution >= 0.6 is 19.7 Å². The quantitative estimate of drug-likeness (QED) is 0.0732. The van der Waals surface area contributed by atoms with Crippen LogP contribution in [0.2, 0.25) is 0 Å². The van der Waals surface area contributed by atoms with Gasteiger partial charge in [0.15, 0.2) is 4.93 Å². The summed E-state index contributed by atoms with van der Waals surface area (Å²) >= 11 is 0.178. The van der Waals surface area contributed by atoms with Gasteiger partial charge in [0.05, 0.1) is 0 Å². The van der Waals surface area contributed by atoms with Crippen molar-refractivity contribution in [3.63, 3.8) is 0 Å². The van der Waals surface area contributed by atoms with Crippen molar-refractivity contribution in [1.29, 1.82) is 0 Å². The summed E-state index contributed by atoms with van der Waals surface area (Å²) in [6.07, 6.45) is 4.16. The summed E-state index contributed by atoms with van der Waals surface area (Å²) in [5.74, 6) is -1.40. The number of aliphatic hydroxyl groups is 1. The molecule has 1 aromatic heterocycles. The lowest BCUT2D eigenvalue weighted by Crippen LogP contribution is -2.52. The Labute approximate surface area is 265 Å². The van der Waals surface area contributed by atoms with Gasteiger partial charge in [-0.25, -0.2) is 23.3 Å². The average molecular weight is 682 g/mol. The summed E-state index contributed by atoms with van der Waals surface area (Å²) in [5, 5.41) is 16.1. The maximum absolute atomic E-state index is 15.5. The van der Waals surface area contributed by atoms with E-state index in [9.17, 15) is 28.8 Å². The van der Waals surface area contributed by atoms with E-state index < -0.39 is 66.8 Å². The first-order valence-electron chi connectivity index (χ1n) is 15.2. The molecule has 0 aromatic carbocycles. The van der Waals surface area contributed by atoms with Gasteiger partial charge in [-0.3, -0.25) is 28.5 Å². The third-order valence-corrected chi connectivity index (χ3v) is 11.3. The van der Waals surface area contributed by atoms with Crippen LogP contribution in [0, 0.1) is 0 Å². The van der Waals surface area contributed by atoms with Gasteiger partial charge in [-0.1, -0.05) is 12.8 Å². The van der Waals surface area contributed by atoms with Gasteiger partial charge in [0.2, 0.25) is 6.30 Å². The molecule has 45 heavy (non-hydrogen) atoms. The van der Waals surface area contributed by atoms with Gasteiger partial charge in [0.25, 0.3) is 5.56 Å². The molecule has 1 heterocycles. The number of methoxy groups -OCH3 is 1. The number of rotatable bonds is 16. The van der Waals surface area contributed by atoms with Gasteiger partial charge in [-0.15, -0.1) is 0 Å². The van der Waals surface area contributed by atoms with Crippen molar-refractivity contribution < 1.29 is 41.8 Å². The first-order chi connectivity index (χ1) is 21.3. The molecule has 5 atom stereocenters. The second kappa shape index (κ2) is 17.2. The minimum atomic E-state index is -4.45. The van der Waals surface area contributed by atoms with Crippen molar-refractivity contribution in [3.05, 3.63) is 33.1 Å². The summed E-state index contributed by atoms with van der Waals surface area (Å²) in [6.45, 7) is 2.19. The molecule has 0 radical (unpaired) electrons. The van der Waals surface area contributed by atoms with Gasteiger partial charge in [-0.2, -0.15) is 0 Å². The number of aliphatic hydroxyl groups excluding tert-OH is 1. The number of esters is 2. The van der Waals surface area contributed by atoms with Crippen LogP contribution in [0.15, 0.2) is 21.9 Å². The maximum Gasteiger partial charge on any atom is 0.353 e. The first-order valence-corrected chi connectivity index (χ1v) is 17.5. The Morgan fingerprint density at radius 3 is 1.98 bits per heavy atom. The van der Waals surface area contributed by atoms with Crippen LogP contribution in [0.3, 0.4) is 0 Å². The Bertz CT molecular complexity index is 1240. The predicted octanol–water partition coefficient (Wildman–Crippen LogP) is 2.15. The summed E-state index contributed by atoms with van der Waals surface area (Å²) in [6, 6.07) is -1.51. The van der Waals surface area contributed by atoms with E-state index in [0.29, 0.717) is 30.3 Å². The zero-order valence-corrected chi connectivity index (χ0v) is 27.5. The van der Waals surface area contributed by atoms with E-state index >= 15 is 4.39 Å². The summed E-state index contributed by atoms with van der Waals surface area (Å²) in [4.78, 5) is 49.1. The Balaban J connectivity index is 1.80. The van der Waals surface area contributed by atoms with Crippen LogP contribution in [-0.2, 0) is 32.3 Å². The van der Waals surface area contributed by atoms with Crippen LogP contribution in [0.25, 0.3) is 0 Å². The number of H-pyrrole nitrogens is 1. The number of nitrogens with two attached hydrogens (primary N) is 1. The smallest absolute Gasteiger partial charge is 0.353 e. The standard InChI is InChI=1S/C27H45FN5O10PS/c1-17(24(36)41-19-10-6-4-7-11-19)31-44(39,32-18(2)25(37)42-20-12-8-5-9-13-20)43-45-27(16-29,40-3)22(35)23(28)33-15-14-21(34)30-26(33)38/h14-15,17-20,22-23,35H,4-13,16,29H2,1-3H3,(H,30,34,38)(H2,31,32,39)/t17?,18?,22-,23-,27+,44?/m0/s1. The molecular formula is C27H45FN5O10PS. The van der Waals surface area contributed by atoms with Crippen molar-refractivity contribution in [3.8, 4) is 0 Å². The third kappa shape index (κ3) is 10.4. The summed E-state index contributed by atoms with van der Waals surface area (Å²) in [7, 11) is -3.37. The van der Waals surface area contributed by atoms with Crippen molar-refractivity contribution in [2.24, 2.45) is 5.73 Å². The number of aromatic amines is 1. The topological polar surface area (TPSA) is 213 Å². The molecule has 2 fully saturated rings. The zero-order valence-electron chi connectivity index (χ0n) is 25.8. The molecule has 6 N–H and O–H groups in total. The van der Waals surface area contributed by atoms with E-state index in [1.165, 1.54) is 13.8 Å². The molecule has 0 aliphatic heterocycles. The molecule has 2 aliphatic carbocycles. The molecular weight excluding hydrogens is 636 g/mol. The molecule has 256 valence electrons. The first kappa shape index (κ1) is 37.3. The number of aromatic nitrogens is 2. The normalized spacial score (nSPS) is 21.9. The zero-order chi connectivity index (χ0) is 33.2. The Hall–Kier alpha value is -2.11. The number of hydrogen-bond donors (Lipinski definition) is 5. The van der Waals surface area contributed by atoms with Gasteiger partial charge in [0, 0.05) is 38.0 Å². The molecule has 15 nitrogen and oxygen atoms in total. The Morgan fingerprint density at radius 2 is 1.56 bits per heavy atom. The van der Waals surface area contributed by atoms with E-state index in [-0.39, 0.29) is 24.3 Å². The predicted molar refractivity (Wildman–Crippen MR) is 164 cm³/mol. The van der Waals surface area contributed by atoms with Gasteiger partial charge in [-0.05, 0) is 65.2 Å². The van der Waals surface area contributed by atoms with Crippen molar-refractivity contribution >= 4 is 31.7 Å². The molecule has 18 heteroatoms. The fraction of sp³-hybridized carbons (Fsp3) is 0.778. The highest BCUT2D eigenvalue weighted by atomic mass is 32.2. The van der Waals surface area contributed by atoms with Crippen LogP contribution in [-0.4, -0.2) is 75.6 Å². The monoisotopic (exact) mass is 681 g/mol. The fourth-order valence-electron chi connectivity index (χ4n) is 5.14. The lowest BCUT2D eigenvalue weighted by Gasteiger charge is -2.37.